The van der Waals surface area contributed by atoms with Crippen molar-refractivity contribution in [3.05, 3.63) is 35.4 Å². The molecule has 0 bridgehead atoms. The van der Waals surface area contributed by atoms with Gasteiger partial charge in [-0.1, -0.05) is 24.3 Å². The van der Waals surface area contributed by atoms with Crippen LogP contribution in [0, 0.1) is 5.41 Å². The van der Waals surface area contributed by atoms with Gasteiger partial charge in [0, 0.05) is 19.0 Å². The van der Waals surface area contributed by atoms with Crippen LogP contribution in [0.4, 0.5) is 4.79 Å². The summed E-state index contributed by atoms with van der Waals surface area (Å²) in [6.07, 6.45) is -0.572. The third kappa shape index (κ3) is 6.42. The molecular weight excluding hydrogens is 324 g/mol. The number of hydrogen-bond donors (Lipinski definition) is 3. The van der Waals surface area contributed by atoms with Crippen molar-refractivity contribution >= 4 is 17.8 Å². The van der Waals surface area contributed by atoms with E-state index in [9.17, 15) is 9.59 Å². The van der Waals surface area contributed by atoms with Crippen LogP contribution in [0.3, 0.4) is 0 Å². The van der Waals surface area contributed by atoms with Crippen LogP contribution in [0.25, 0.3) is 0 Å². The largest absolute Gasteiger partial charge is 0.444 e. The topological polar surface area (TPSA) is 118 Å². The number of amidine groups is 1. The number of ether oxygens (including phenoxy) is 1. The normalized spacial score (nSPS) is 12.2. The molecule has 1 aromatic carbocycles. The fourth-order valence-electron chi connectivity index (χ4n) is 2.14. The van der Waals surface area contributed by atoms with Crippen LogP contribution in [-0.4, -0.2) is 48.7 Å². The maximum Gasteiger partial charge on any atom is 0.408 e. The van der Waals surface area contributed by atoms with E-state index in [2.05, 4.69) is 5.32 Å². The number of carbonyl (C=O) groups excluding carboxylic acids is 2. The van der Waals surface area contributed by atoms with E-state index in [0.717, 1.165) is 5.06 Å². The summed E-state index contributed by atoms with van der Waals surface area (Å²) in [5.41, 5.74) is 6.06. The minimum absolute atomic E-state index is 0.112. The molecule has 1 atom stereocenters. The molecule has 0 saturated heterocycles. The van der Waals surface area contributed by atoms with Crippen LogP contribution < -0.4 is 11.1 Å². The van der Waals surface area contributed by atoms with Gasteiger partial charge in [0.05, 0.1) is 7.11 Å². The first-order valence-corrected chi connectivity index (χ1v) is 7.78. The molecule has 1 rings (SSSR count). The number of hydrogen-bond acceptors (Lipinski definition) is 5. The summed E-state index contributed by atoms with van der Waals surface area (Å²) in [6.45, 7) is 5.20. The van der Waals surface area contributed by atoms with Crippen molar-refractivity contribution < 1.29 is 19.2 Å². The van der Waals surface area contributed by atoms with Crippen LogP contribution in [0.15, 0.2) is 24.3 Å². The van der Waals surface area contributed by atoms with E-state index < -0.39 is 23.6 Å². The van der Waals surface area contributed by atoms with Gasteiger partial charge in [0.15, 0.2) is 0 Å². The lowest BCUT2D eigenvalue weighted by molar-refractivity contribution is -0.171. The second kappa shape index (κ2) is 8.48. The number of benzene rings is 1. The Morgan fingerprint density at radius 1 is 1.32 bits per heavy atom. The first kappa shape index (κ1) is 20.4. The Kier molecular flexibility index (Phi) is 6.93. The van der Waals surface area contributed by atoms with Crippen molar-refractivity contribution in [2.75, 3.05) is 14.2 Å². The Morgan fingerprint density at radius 3 is 2.44 bits per heavy atom. The lowest BCUT2D eigenvalue weighted by Gasteiger charge is -2.26. The first-order valence-electron chi connectivity index (χ1n) is 7.78. The van der Waals surface area contributed by atoms with Crippen molar-refractivity contribution in [2.45, 2.75) is 38.8 Å². The van der Waals surface area contributed by atoms with Gasteiger partial charge in [-0.05, 0) is 26.3 Å². The van der Waals surface area contributed by atoms with Gasteiger partial charge in [0.1, 0.15) is 17.5 Å². The van der Waals surface area contributed by atoms with Gasteiger partial charge in [-0.2, -0.15) is 0 Å². The van der Waals surface area contributed by atoms with E-state index in [1.807, 2.05) is 0 Å². The second-order valence-electron chi connectivity index (χ2n) is 6.49. The summed E-state index contributed by atoms with van der Waals surface area (Å²) in [5.74, 6) is -0.564. The molecule has 2 amide bonds. The minimum Gasteiger partial charge on any atom is -0.444 e. The highest BCUT2D eigenvalue weighted by atomic mass is 16.7. The van der Waals surface area contributed by atoms with Gasteiger partial charge in [0.2, 0.25) is 0 Å². The molecule has 0 unspecified atom stereocenters. The maximum absolute atomic E-state index is 12.5. The van der Waals surface area contributed by atoms with Crippen LogP contribution in [0.5, 0.6) is 0 Å². The van der Waals surface area contributed by atoms with E-state index in [-0.39, 0.29) is 12.3 Å². The van der Waals surface area contributed by atoms with Gasteiger partial charge in [-0.15, -0.1) is 0 Å². The Balaban J connectivity index is 3.05. The van der Waals surface area contributed by atoms with E-state index >= 15 is 0 Å². The third-order valence-electron chi connectivity index (χ3n) is 3.30. The highest BCUT2D eigenvalue weighted by molar-refractivity contribution is 5.96. The minimum atomic E-state index is -0.930. The number of hydroxylamine groups is 2. The molecule has 0 aliphatic rings. The summed E-state index contributed by atoms with van der Waals surface area (Å²) in [5, 5.41) is 11.2. The van der Waals surface area contributed by atoms with E-state index in [1.165, 1.54) is 14.2 Å². The summed E-state index contributed by atoms with van der Waals surface area (Å²) in [6, 6.07) is 6.03. The number of nitrogen functional groups attached to an aromatic ring is 1. The molecule has 0 aliphatic heterocycles. The van der Waals surface area contributed by atoms with Crippen LogP contribution in [0.1, 0.15) is 31.9 Å². The first-order chi connectivity index (χ1) is 11.5. The standard InChI is InChI=1S/C17H26N4O4/c1-17(2,3)25-16(23)20-13(15(22)21(4)24-5)10-11-8-6-7-9-12(11)14(18)19/h6-9,13H,10H2,1-5H3,(H3,18,19)(H,20,23)/t13-/m0/s1. The second-order valence-corrected chi connectivity index (χ2v) is 6.49. The molecule has 0 saturated carbocycles. The molecule has 4 N–H and O–H groups in total. The summed E-state index contributed by atoms with van der Waals surface area (Å²) in [4.78, 5) is 29.5. The SMILES string of the molecule is CON(C)C(=O)[C@H](Cc1ccccc1C(=N)N)NC(=O)OC(C)(C)C. The Hall–Kier alpha value is -2.61. The van der Waals surface area contributed by atoms with Crippen LogP contribution in [-0.2, 0) is 20.8 Å². The number of nitrogens with one attached hydrogen (secondary N) is 2. The summed E-state index contributed by atoms with van der Waals surface area (Å²) in [7, 11) is 2.80. The zero-order chi connectivity index (χ0) is 19.2. The van der Waals surface area contributed by atoms with Crippen molar-refractivity contribution in [2.24, 2.45) is 5.73 Å². The zero-order valence-electron chi connectivity index (χ0n) is 15.3. The molecule has 138 valence electrons. The Bertz CT molecular complexity index is 640. The molecule has 0 aliphatic carbocycles. The van der Waals surface area contributed by atoms with Gasteiger partial charge in [-0.25, -0.2) is 9.86 Å². The predicted molar refractivity (Wildman–Crippen MR) is 94.1 cm³/mol. The molecule has 1 aromatic rings. The molecule has 0 heterocycles. The monoisotopic (exact) mass is 350 g/mol. The van der Waals surface area contributed by atoms with Crippen LogP contribution >= 0.6 is 0 Å². The zero-order valence-corrected chi connectivity index (χ0v) is 15.3. The number of likely N-dealkylation sites (N-methyl/N-ethyl adjacent to an activating group) is 1. The fraction of sp³-hybridized carbons (Fsp3) is 0.471. The molecule has 25 heavy (non-hydrogen) atoms. The average molecular weight is 350 g/mol. The summed E-state index contributed by atoms with van der Waals surface area (Å²) < 4.78 is 5.22. The van der Waals surface area contributed by atoms with Gasteiger partial charge >= 0.3 is 6.09 Å². The molecule has 8 heteroatoms. The molecule has 0 spiro atoms. The van der Waals surface area contributed by atoms with E-state index in [0.29, 0.717) is 11.1 Å². The van der Waals surface area contributed by atoms with Gasteiger partial charge < -0.3 is 15.8 Å². The molecule has 8 nitrogen and oxygen atoms in total. The van der Waals surface area contributed by atoms with Crippen molar-refractivity contribution in [3.63, 3.8) is 0 Å². The number of rotatable bonds is 6. The third-order valence-corrected chi connectivity index (χ3v) is 3.30. The smallest absolute Gasteiger partial charge is 0.408 e. The predicted octanol–water partition coefficient (Wildman–Crippen LogP) is 1.43. The quantitative estimate of drug-likeness (QED) is 0.407. The summed E-state index contributed by atoms with van der Waals surface area (Å²) >= 11 is 0. The number of amides is 2. The number of alkyl carbamates (subject to hydrolysis) is 1. The number of carbonyl (C=O) groups is 2. The van der Waals surface area contributed by atoms with Crippen LogP contribution in [0.2, 0.25) is 0 Å². The highest BCUT2D eigenvalue weighted by Gasteiger charge is 2.28. The Labute approximate surface area is 147 Å². The van der Waals surface area contributed by atoms with Crippen molar-refractivity contribution in [1.82, 2.24) is 10.4 Å². The van der Waals surface area contributed by atoms with Crippen molar-refractivity contribution in [3.8, 4) is 0 Å². The molecule has 0 fully saturated rings. The van der Waals surface area contributed by atoms with Gasteiger partial charge in [-0.3, -0.25) is 15.0 Å². The molecule has 0 aromatic heterocycles. The van der Waals surface area contributed by atoms with E-state index in [1.54, 1.807) is 45.0 Å². The number of nitrogens with two attached hydrogens (primary N) is 1. The molecule has 0 radical (unpaired) electrons. The maximum atomic E-state index is 12.5. The Morgan fingerprint density at radius 2 is 1.92 bits per heavy atom. The fourth-order valence-corrected chi connectivity index (χ4v) is 2.14. The lowest BCUT2D eigenvalue weighted by atomic mass is 9.99. The van der Waals surface area contributed by atoms with Crippen molar-refractivity contribution in [1.29, 1.82) is 5.41 Å². The number of nitrogens with zero attached hydrogens (tertiary/aromatic N) is 1. The molecular formula is C17H26N4O4. The average Bonchev–Trinajstić information content (AvgIpc) is 2.51. The van der Waals surface area contributed by atoms with E-state index in [4.69, 9.17) is 20.7 Å². The highest BCUT2D eigenvalue weighted by Crippen LogP contribution is 2.13. The van der Waals surface area contributed by atoms with Gasteiger partial charge in [0.25, 0.3) is 5.91 Å². The lowest BCUT2D eigenvalue weighted by Crippen LogP contribution is -2.49.